The largest absolute Gasteiger partial charge is 0.326 e. The lowest BCUT2D eigenvalue weighted by Gasteiger charge is -2.29. The van der Waals surface area contributed by atoms with Crippen molar-refractivity contribution >= 4 is 41.0 Å². The first-order valence-electron chi connectivity index (χ1n) is 8.78. The first kappa shape index (κ1) is 18.0. The minimum Gasteiger partial charge on any atom is -0.326 e. The lowest BCUT2D eigenvalue weighted by atomic mass is 10.0. The maximum absolute atomic E-state index is 12.3. The Labute approximate surface area is 168 Å². The maximum atomic E-state index is 12.3. The van der Waals surface area contributed by atoms with E-state index in [1.54, 1.807) is 28.6 Å². The number of rotatable bonds is 4. The number of hydrogen-bond donors (Lipinski definition) is 1. The monoisotopic (exact) mass is 392 g/mol. The van der Waals surface area contributed by atoms with Crippen LogP contribution in [-0.4, -0.2) is 18.2 Å². The summed E-state index contributed by atoms with van der Waals surface area (Å²) >= 11 is 3.23. The van der Waals surface area contributed by atoms with E-state index < -0.39 is 0 Å². The molecule has 3 aromatic rings. The van der Waals surface area contributed by atoms with E-state index in [0.717, 1.165) is 32.3 Å². The Morgan fingerprint density at radius 2 is 1.67 bits per heavy atom. The van der Waals surface area contributed by atoms with Gasteiger partial charge in [0.25, 0.3) is 0 Å². The molecule has 1 aliphatic rings. The number of anilines is 2. The lowest BCUT2D eigenvalue weighted by Crippen LogP contribution is -2.36. The summed E-state index contributed by atoms with van der Waals surface area (Å²) in [6.45, 7) is 1.96. The van der Waals surface area contributed by atoms with E-state index in [-0.39, 0.29) is 11.2 Å². The SMILES string of the molecule is CC1Sc2ccc(-c3ccc(SNc4ccccc4)cc3)cc2N(C)C1=O. The van der Waals surface area contributed by atoms with Crippen LogP contribution in [0.3, 0.4) is 0 Å². The van der Waals surface area contributed by atoms with E-state index in [0.29, 0.717) is 0 Å². The predicted molar refractivity (Wildman–Crippen MR) is 117 cm³/mol. The topological polar surface area (TPSA) is 32.3 Å². The zero-order valence-electron chi connectivity index (χ0n) is 15.2. The molecule has 3 aromatic carbocycles. The van der Waals surface area contributed by atoms with E-state index in [4.69, 9.17) is 0 Å². The van der Waals surface area contributed by atoms with Gasteiger partial charge < -0.3 is 9.62 Å². The van der Waals surface area contributed by atoms with Crippen molar-refractivity contribution in [3.63, 3.8) is 0 Å². The van der Waals surface area contributed by atoms with Crippen LogP contribution in [0, 0.1) is 0 Å². The Kier molecular flexibility index (Phi) is 5.14. The van der Waals surface area contributed by atoms with Crippen molar-refractivity contribution in [1.82, 2.24) is 0 Å². The zero-order chi connectivity index (χ0) is 18.8. The number of carbonyl (C=O) groups is 1. The molecular weight excluding hydrogens is 372 g/mol. The van der Waals surface area contributed by atoms with Gasteiger partial charge in [0, 0.05) is 22.5 Å². The van der Waals surface area contributed by atoms with Crippen molar-refractivity contribution in [3.05, 3.63) is 72.8 Å². The summed E-state index contributed by atoms with van der Waals surface area (Å²) in [5.41, 5.74) is 4.34. The number of nitrogens with zero attached hydrogens (tertiary/aromatic N) is 1. The number of thioether (sulfide) groups is 1. The predicted octanol–water partition coefficient (Wildman–Crippen LogP) is 5.93. The van der Waals surface area contributed by atoms with Gasteiger partial charge in [0.05, 0.1) is 10.9 Å². The molecule has 0 saturated carbocycles. The molecule has 0 spiro atoms. The van der Waals surface area contributed by atoms with Gasteiger partial charge in [0.1, 0.15) is 0 Å². The van der Waals surface area contributed by atoms with Crippen LogP contribution < -0.4 is 9.62 Å². The van der Waals surface area contributed by atoms with E-state index in [1.165, 1.54) is 0 Å². The first-order chi connectivity index (χ1) is 13.1. The van der Waals surface area contributed by atoms with Crippen LogP contribution in [0.4, 0.5) is 11.4 Å². The summed E-state index contributed by atoms with van der Waals surface area (Å²) in [6, 6.07) is 25.0. The van der Waals surface area contributed by atoms with Gasteiger partial charge >= 0.3 is 0 Å². The molecule has 1 atom stereocenters. The highest BCUT2D eigenvalue weighted by atomic mass is 32.2. The maximum Gasteiger partial charge on any atom is 0.239 e. The molecule has 0 radical (unpaired) electrons. The summed E-state index contributed by atoms with van der Waals surface area (Å²) < 4.78 is 3.35. The van der Waals surface area contributed by atoms with Crippen LogP contribution in [0.5, 0.6) is 0 Å². The van der Waals surface area contributed by atoms with Gasteiger partial charge in [-0.3, -0.25) is 4.79 Å². The van der Waals surface area contributed by atoms with Crippen LogP contribution in [0.1, 0.15) is 6.92 Å². The van der Waals surface area contributed by atoms with Crippen molar-refractivity contribution in [2.75, 3.05) is 16.7 Å². The van der Waals surface area contributed by atoms with Crippen LogP contribution in [-0.2, 0) is 4.79 Å². The molecule has 27 heavy (non-hydrogen) atoms. The van der Waals surface area contributed by atoms with Gasteiger partial charge in [-0.05, 0) is 66.4 Å². The standard InChI is InChI=1S/C22H20N2OS2/c1-15-22(25)24(2)20-14-17(10-13-21(20)26-15)16-8-11-19(12-9-16)27-23-18-6-4-3-5-7-18/h3-15,23H,1-2H3. The van der Waals surface area contributed by atoms with Gasteiger partial charge in [-0.25, -0.2) is 0 Å². The van der Waals surface area contributed by atoms with Crippen molar-refractivity contribution in [3.8, 4) is 11.1 Å². The number of fused-ring (bicyclic) bond motifs is 1. The number of para-hydroxylation sites is 1. The molecular formula is C22H20N2OS2. The summed E-state index contributed by atoms with van der Waals surface area (Å²) in [6.07, 6.45) is 0. The Bertz CT molecular complexity index is 958. The van der Waals surface area contributed by atoms with E-state index in [9.17, 15) is 4.79 Å². The van der Waals surface area contributed by atoms with E-state index in [2.05, 4.69) is 47.2 Å². The first-order valence-corrected chi connectivity index (χ1v) is 10.5. The van der Waals surface area contributed by atoms with Crippen LogP contribution in [0.25, 0.3) is 11.1 Å². The number of carbonyl (C=O) groups excluding carboxylic acids is 1. The van der Waals surface area contributed by atoms with Gasteiger partial charge in [-0.1, -0.05) is 36.4 Å². The number of benzene rings is 3. The Morgan fingerprint density at radius 3 is 2.41 bits per heavy atom. The molecule has 136 valence electrons. The highest BCUT2D eigenvalue weighted by molar-refractivity contribution is 8.01. The average Bonchev–Trinajstić information content (AvgIpc) is 2.72. The molecule has 1 unspecified atom stereocenters. The summed E-state index contributed by atoms with van der Waals surface area (Å²) in [5.74, 6) is 0.156. The summed E-state index contributed by atoms with van der Waals surface area (Å²) in [5, 5.41) is -0.0261. The van der Waals surface area contributed by atoms with Crippen LogP contribution in [0.15, 0.2) is 82.6 Å². The fourth-order valence-electron chi connectivity index (χ4n) is 3.03. The molecule has 1 amide bonds. The summed E-state index contributed by atoms with van der Waals surface area (Å²) in [4.78, 5) is 16.3. The van der Waals surface area contributed by atoms with Gasteiger partial charge in [-0.2, -0.15) is 0 Å². The third kappa shape index (κ3) is 3.84. The number of nitrogens with one attached hydrogen (secondary N) is 1. The van der Waals surface area contributed by atoms with Crippen molar-refractivity contribution < 1.29 is 4.79 Å². The van der Waals surface area contributed by atoms with Crippen molar-refractivity contribution in [2.45, 2.75) is 22.0 Å². The Hall–Kier alpha value is -2.37. The molecule has 5 heteroatoms. The highest BCUT2D eigenvalue weighted by Crippen LogP contribution is 2.40. The van der Waals surface area contributed by atoms with Crippen molar-refractivity contribution in [1.29, 1.82) is 0 Å². The Balaban J connectivity index is 1.52. The minimum atomic E-state index is -0.0261. The van der Waals surface area contributed by atoms with Crippen LogP contribution in [0.2, 0.25) is 0 Å². The van der Waals surface area contributed by atoms with Gasteiger partial charge in [-0.15, -0.1) is 11.8 Å². The van der Waals surface area contributed by atoms with Gasteiger partial charge in [0.2, 0.25) is 5.91 Å². The molecule has 0 bridgehead atoms. The minimum absolute atomic E-state index is 0.0261. The second-order valence-corrected chi connectivity index (χ2v) is 8.70. The lowest BCUT2D eigenvalue weighted by molar-refractivity contribution is -0.117. The van der Waals surface area contributed by atoms with Crippen molar-refractivity contribution in [2.24, 2.45) is 0 Å². The third-order valence-electron chi connectivity index (χ3n) is 4.55. The van der Waals surface area contributed by atoms with E-state index in [1.807, 2.05) is 44.3 Å². The quantitative estimate of drug-likeness (QED) is 0.558. The van der Waals surface area contributed by atoms with Crippen LogP contribution >= 0.6 is 23.7 Å². The number of amides is 1. The normalized spacial score (nSPS) is 16.1. The summed E-state index contributed by atoms with van der Waals surface area (Å²) in [7, 11) is 1.86. The second-order valence-electron chi connectivity index (χ2n) is 6.43. The fourth-order valence-corrected chi connectivity index (χ4v) is 4.78. The zero-order valence-corrected chi connectivity index (χ0v) is 16.8. The third-order valence-corrected chi connectivity index (χ3v) is 6.55. The van der Waals surface area contributed by atoms with E-state index >= 15 is 0 Å². The van der Waals surface area contributed by atoms with Gasteiger partial charge in [0.15, 0.2) is 0 Å². The Morgan fingerprint density at radius 1 is 0.963 bits per heavy atom. The molecule has 0 aromatic heterocycles. The second kappa shape index (κ2) is 7.71. The molecule has 4 rings (SSSR count). The number of hydrogen-bond acceptors (Lipinski definition) is 4. The molecule has 1 N–H and O–H groups in total. The molecule has 3 nitrogen and oxygen atoms in total. The average molecular weight is 393 g/mol. The molecule has 0 fully saturated rings. The smallest absolute Gasteiger partial charge is 0.239 e. The molecule has 1 heterocycles. The molecule has 1 aliphatic heterocycles. The molecule has 0 saturated heterocycles. The molecule has 0 aliphatic carbocycles. The highest BCUT2D eigenvalue weighted by Gasteiger charge is 2.28. The fraction of sp³-hybridized carbons (Fsp3) is 0.136.